The fraction of sp³-hybridized carbons (Fsp3) is 0.111. The van der Waals surface area contributed by atoms with E-state index in [1.807, 2.05) is 6.07 Å². The Morgan fingerprint density at radius 1 is 1.36 bits per heavy atom. The number of aromatic amines is 1. The molecule has 0 amide bonds. The first-order valence-electron chi connectivity index (χ1n) is 4.07. The van der Waals surface area contributed by atoms with Crippen LogP contribution in [0.5, 0.6) is 0 Å². The largest absolute Gasteiger partial charge is 0.340 e. The third kappa shape index (κ3) is 2.49. The lowest BCUT2D eigenvalue weighted by Gasteiger charge is -1.98. The highest BCUT2D eigenvalue weighted by Crippen LogP contribution is 2.18. The summed E-state index contributed by atoms with van der Waals surface area (Å²) in [6.45, 7) is 0. The summed E-state index contributed by atoms with van der Waals surface area (Å²) in [4.78, 5) is 11.3. The lowest BCUT2D eigenvalue weighted by molar-refractivity contribution is 1.05. The number of nitrogens with one attached hydrogen (secondary N) is 1. The van der Waals surface area contributed by atoms with Crippen LogP contribution < -0.4 is 0 Å². The Kier molecular flexibility index (Phi) is 3.06. The lowest BCUT2D eigenvalue weighted by Crippen LogP contribution is -1.86. The molecule has 2 rings (SSSR count). The van der Waals surface area contributed by atoms with Crippen LogP contribution in [0.4, 0.5) is 0 Å². The van der Waals surface area contributed by atoms with Crippen LogP contribution in [0.1, 0.15) is 5.69 Å². The van der Waals surface area contributed by atoms with Crippen LogP contribution in [0.25, 0.3) is 0 Å². The van der Waals surface area contributed by atoms with Crippen molar-refractivity contribution in [2.45, 2.75) is 10.9 Å². The number of imidazole rings is 1. The molecule has 5 heteroatoms. The van der Waals surface area contributed by atoms with Crippen molar-refractivity contribution in [3.05, 3.63) is 41.4 Å². The predicted molar refractivity (Wildman–Crippen MR) is 57.4 cm³/mol. The Labute approximate surface area is 90.9 Å². The Morgan fingerprint density at radius 3 is 3.00 bits per heavy atom. The molecule has 0 saturated heterocycles. The maximum absolute atomic E-state index is 5.83. The van der Waals surface area contributed by atoms with Crippen molar-refractivity contribution in [2.24, 2.45) is 0 Å². The first-order valence-corrected chi connectivity index (χ1v) is 5.43. The molecule has 2 heterocycles. The minimum absolute atomic E-state index is 0.718. The molecule has 3 nitrogen and oxygen atoms in total. The van der Waals surface area contributed by atoms with Gasteiger partial charge in [0.15, 0.2) is 5.16 Å². The molecule has 0 radical (unpaired) electrons. The van der Waals surface area contributed by atoms with Gasteiger partial charge in [-0.15, -0.1) is 0 Å². The number of nitrogens with zero attached hydrogens (tertiary/aromatic N) is 2. The van der Waals surface area contributed by atoms with Crippen LogP contribution in [0, 0.1) is 0 Å². The molecule has 0 aromatic carbocycles. The van der Waals surface area contributed by atoms with Gasteiger partial charge in [0, 0.05) is 29.4 Å². The van der Waals surface area contributed by atoms with Crippen molar-refractivity contribution in [3.63, 3.8) is 0 Å². The Morgan fingerprint density at radius 2 is 2.29 bits per heavy atom. The Balaban J connectivity index is 1.98. The quantitative estimate of drug-likeness (QED) is 0.817. The lowest BCUT2D eigenvalue weighted by atomic mass is 10.4. The van der Waals surface area contributed by atoms with Gasteiger partial charge in [-0.05, 0) is 12.1 Å². The minimum atomic E-state index is 0.718. The van der Waals surface area contributed by atoms with Gasteiger partial charge in [0.05, 0.1) is 5.69 Å². The average Bonchev–Trinajstić information content (AvgIpc) is 2.67. The first-order chi connectivity index (χ1) is 6.84. The summed E-state index contributed by atoms with van der Waals surface area (Å²) in [5.74, 6) is 0.772. The number of rotatable bonds is 3. The fourth-order valence-electron chi connectivity index (χ4n) is 1.000. The molecule has 0 bridgehead atoms. The maximum Gasteiger partial charge on any atom is 0.165 e. The van der Waals surface area contributed by atoms with Crippen molar-refractivity contribution in [2.75, 3.05) is 0 Å². The summed E-state index contributed by atoms with van der Waals surface area (Å²) >= 11 is 7.43. The van der Waals surface area contributed by atoms with Crippen molar-refractivity contribution < 1.29 is 0 Å². The van der Waals surface area contributed by atoms with Crippen molar-refractivity contribution in [3.8, 4) is 0 Å². The zero-order valence-corrected chi connectivity index (χ0v) is 8.85. The van der Waals surface area contributed by atoms with E-state index in [0.717, 1.165) is 21.6 Å². The van der Waals surface area contributed by atoms with E-state index in [-0.39, 0.29) is 0 Å². The van der Waals surface area contributed by atoms with E-state index in [0.29, 0.717) is 0 Å². The van der Waals surface area contributed by atoms with E-state index in [1.54, 1.807) is 36.4 Å². The van der Waals surface area contributed by atoms with E-state index in [2.05, 4.69) is 15.0 Å². The van der Waals surface area contributed by atoms with E-state index >= 15 is 0 Å². The number of hydrogen-bond acceptors (Lipinski definition) is 3. The van der Waals surface area contributed by atoms with Crippen molar-refractivity contribution >= 4 is 23.4 Å². The van der Waals surface area contributed by atoms with E-state index in [9.17, 15) is 0 Å². The number of thioether (sulfide) groups is 1. The summed E-state index contributed by atoms with van der Waals surface area (Å²) < 4.78 is 0. The highest BCUT2D eigenvalue weighted by Gasteiger charge is 1.99. The number of aromatic nitrogens is 3. The second-order valence-electron chi connectivity index (χ2n) is 2.65. The van der Waals surface area contributed by atoms with Gasteiger partial charge in [-0.3, -0.25) is 4.98 Å². The van der Waals surface area contributed by atoms with Gasteiger partial charge in [0.2, 0.25) is 0 Å². The van der Waals surface area contributed by atoms with Gasteiger partial charge < -0.3 is 4.98 Å². The van der Waals surface area contributed by atoms with Crippen molar-refractivity contribution in [1.82, 2.24) is 15.0 Å². The fourth-order valence-corrected chi connectivity index (χ4v) is 1.91. The molecule has 0 aliphatic rings. The molecule has 2 aromatic heterocycles. The highest BCUT2D eigenvalue weighted by atomic mass is 35.5. The van der Waals surface area contributed by atoms with Crippen LogP contribution in [-0.2, 0) is 5.75 Å². The smallest absolute Gasteiger partial charge is 0.165 e. The molecule has 0 saturated carbocycles. The second-order valence-corrected chi connectivity index (χ2v) is 4.05. The van der Waals surface area contributed by atoms with Gasteiger partial charge in [0.1, 0.15) is 0 Å². The van der Waals surface area contributed by atoms with Gasteiger partial charge >= 0.3 is 0 Å². The van der Waals surface area contributed by atoms with Crippen LogP contribution >= 0.6 is 23.4 Å². The number of pyridine rings is 1. The predicted octanol–water partition coefficient (Wildman–Crippen LogP) is 2.75. The highest BCUT2D eigenvalue weighted by molar-refractivity contribution is 7.98. The summed E-state index contributed by atoms with van der Waals surface area (Å²) in [6, 6.07) is 3.63. The summed E-state index contributed by atoms with van der Waals surface area (Å²) in [7, 11) is 0. The molecule has 72 valence electrons. The zero-order valence-electron chi connectivity index (χ0n) is 7.27. The third-order valence-corrected chi connectivity index (χ3v) is 2.78. The SMILES string of the molecule is Clc1ccnc(CSc2ncc[nH]2)c1. The van der Waals surface area contributed by atoms with Gasteiger partial charge in [-0.2, -0.15) is 0 Å². The van der Waals surface area contributed by atoms with Crippen molar-refractivity contribution in [1.29, 1.82) is 0 Å². The summed E-state index contributed by atoms with van der Waals surface area (Å²) in [6.07, 6.45) is 5.24. The monoisotopic (exact) mass is 225 g/mol. The van der Waals surface area contributed by atoms with Gasteiger partial charge in [0.25, 0.3) is 0 Å². The number of H-pyrrole nitrogens is 1. The molecule has 14 heavy (non-hydrogen) atoms. The summed E-state index contributed by atoms with van der Waals surface area (Å²) in [5.41, 5.74) is 0.957. The number of halogens is 1. The van der Waals surface area contributed by atoms with E-state index in [1.165, 1.54) is 0 Å². The number of hydrogen-bond donors (Lipinski definition) is 1. The zero-order chi connectivity index (χ0) is 9.80. The molecule has 0 spiro atoms. The third-order valence-electron chi connectivity index (χ3n) is 1.61. The topological polar surface area (TPSA) is 41.6 Å². The van der Waals surface area contributed by atoms with E-state index < -0.39 is 0 Å². The minimum Gasteiger partial charge on any atom is -0.340 e. The Bertz CT molecular complexity index is 402. The molecule has 0 atom stereocenters. The molecule has 1 N–H and O–H groups in total. The van der Waals surface area contributed by atoms with Crippen LogP contribution in [0.2, 0.25) is 5.02 Å². The average molecular weight is 226 g/mol. The molecule has 0 unspecified atom stereocenters. The normalized spacial score (nSPS) is 10.4. The molecule has 0 aliphatic heterocycles. The molecule has 0 aliphatic carbocycles. The van der Waals surface area contributed by atoms with Crippen LogP contribution in [0.3, 0.4) is 0 Å². The maximum atomic E-state index is 5.83. The van der Waals surface area contributed by atoms with E-state index in [4.69, 9.17) is 11.6 Å². The van der Waals surface area contributed by atoms with Gasteiger partial charge in [-0.1, -0.05) is 23.4 Å². The summed E-state index contributed by atoms with van der Waals surface area (Å²) in [5, 5.41) is 1.61. The molecule has 2 aromatic rings. The standard InChI is InChI=1S/C9H8ClN3S/c10-7-1-2-11-8(5-7)6-14-9-12-3-4-13-9/h1-5H,6H2,(H,12,13). The Hall–Kier alpha value is -1.00. The van der Waals surface area contributed by atoms with Crippen LogP contribution in [-0.4, -0.2) is 15.0 Å². The molecular weight excluding hydrogens is 218 g/mol. The van der Waals surface area contributed by atoms with Crippen LogP contribution in [0.15, 0.2) is 35.9 Å². The van der Waals surface area contributed by atoms with Gasteiger partial charge in [-0.25, -0.2) is 4.98 Å². The molecule has 0 fully saturated rings. The second kappa shape index (κ2) is 4.48. The first kappa shape index (κ1) is 9.55. The molecular formula is C9H8ClN3S.